The largest absolute Gasteiger partial charge is 0.475 e. The van der Waals surface area contributed by atoms with Gasteiger partial charge in [0.1, 0.15) is 0 Å². The van der Waals surface area contributed by atoms with Crippen LogP contribution in [0.25, 0.3) is 5.69 Å². The average molecular weight is 280 g/mol. The first-order valence-electron chi connectivity index (χ1n) is 5.78. The number of carbonyl (C=O) groups is 1. The molecular formula is C12H10ClN3O3. The van der Waals surface area contributed by atoms with Crippen LogP contribution in [-0.2, 0) is 0 Å². The summed E-state index contributed by atoms with van der Waals surface area (Å²) in [6.07, 6.45) is 1.61. The fourth-order valence-corrected chi connectivity index (χ4v) is 2.15. The van der Waals surface area contributed by atoms with E-state index >= 15 is 0 Å². The summed E-state index contributed by atoms with van der Waals surface area (Å²) in [6, 6.07) is 6.53. The van der Waals surface area contributed by atoms with Gasteiger partial charge < -0.3 is 5.11 Å². The highest BCUT2D eigenvalue weighted by atomic mass is 35.5. The van der Waals surface area contributed by atoms with Crippen LogP contribution in [0.2, 0.25) is 5.02 Å². The van der Waals surface area contributed by atoms with E-state index in [1.807, 2.05) is 0 Å². The van der Waals surface area contributed by atoms with Crippen LogP contribution in [0.4, 0.5) is 0 Å². The summed E-state index contributed by atoms with van der Waals surface area (Å²) in [6.45, 7) is 0. The van der Waals surface area contributed by atoms with Crippen LogP contribution < -0.4 is 5.69 Å². The summed E-state index contributed by atoms with van der Waals surface area (Å²) in [4.78, 5) is 23.4. The Morgan fingerprint density at radius 1 is 1.42 bits per heavy atom. The first-order chi connectivity index (χ1) is 9.08. The molecule has 6 nitrogen and oxygen atoms in total. The third kappa shape index (κ3) is 2.04. The van der Waals surface area contributed by atoms with Crippen molar-refractivity contribution in [1.82, 2.24) is 14.3 Å². The van der Waals surface area contributed by atoms with Crippen molar-refractivity contribution in [3.05, 3.63) is 45.6 Å². The minimum Gasteiger partial charge on any atom is -0.475 e. The average Bonchev–Trinajstić information content (AvgIpc) is 3.12. The number of benzene rings is 1. The lowest BCUT2D eigenvalue weighted by atomic mass is 10.3. The predicted octanol–water partition coefficient (Wildman–Crippen LogP) is 1.72. The number of rotatable bonds is 3. The second kappa shape index (κ2) is 4.24. The van der Waals surface area contributed by atoms with Gasteiger partial charge in [-0.25, -0.2) is 9.59 Å². The van der Waals surface area contributed by atoms with Crippen LogP contribution in [0.5, 0.6) is 0 Å². The van der Waals surface area contributed by atoms with Gasteiger partial charge in [-0.15, -0.1) is 5.10 Å². The lowest BCUT2D eigenvalue weighted by Crippen LogP contribution is -2.24. The quantitative estimate of drug-likeness (QED) is 0.928. The molecule has 1 aromatic heterocycles. The number of carboxylic acids is 1. The van der Waals surface area contributed by atoms with Crippen LogP contribution in [0, 0.1) is 0 Å². The first-order valence-corrected chi connectivity index (χ1v) is 6.16. The van der Waals surface area contributed by atoms with Gasteiger partial charge in [-0.1, -0.05) is 17.7 Å². The molecule has 1 aliphatic rings. The Kier molecular flexibility index (Phi) is 2.67. The van der Waals surface area contributed by atoms with Gasteiger partial charge in [-0.05, 0) is 31.0 Å². The molecular weight excluding hydrogens is 270 g/mol. The maximum absolute atomic E-state index is 12.2. The minimum absolute atomic E-state index is 0.0495. The maximum atomic E-state index is 12.2. The fraction of sp³-hybridized carbons (Fsp3) is 0.250. The van der Waals surface area contributed by atoms with Crippen molar-refractivity contribution in [3.8, 4) is 5.69 Å². The summed E-state index contributed by atoms with van der Waals surface area (Å²) in [5.74, 6) is -1.43. The second-order valence-corrected chi connectivity index (χ2v) is 4.84. The number of aromatic carboxylic acids is 1. The Morgan fingerprint density at radius 2 is 2.16 bits per heavy atom. The van der Waals surface area contributed by atoms with E-state index in [2.05, 4.69) is 5.10 Å². The minimum atomic E-state index is -1.20. The van der Waals surface area contributed by atoms with Crippen LogP contribution in [0.3, 0.4) is 0 Å². The third-order valence-electron chi connectivity index (χ3n) is 2.97. The zero-order valence-electron chi connectivity index (χ0n) is 9.78. The monoisotopic (exact) mass is 279 g/mol. The standard InChI is InChI=1S/C12H10ClN3O3/c13-7-2-1-3-9(6-7)16-12(19)15(8-4-5-8)10(14-16)11(17)18/h1-3,6,8H,4-5H2,(H,17,18). The normalized spacial score (nSPS) is 14.6. The van der Waals surface area contributed by atoms with Crippen LogP contribution in [0.1, 0.15) is 29.5 Å². The molecule has 0 bridgehead atoms. The van der Waals surface area contributed by atoms with E-state index in [9.17, 15) is 9.59 Å². The molecule has 0 atom stereocenters. The van der Waals surface area contributed by atoms with E-state index in [1.54, 1.807) is 24.3 Å². The Labute approximate surface area is 112 Å². The zero-order valence-corrected chi connectivity index (χ0v) is 10.5. The van der Waals surface area contributed by atoms with Gasteiger partial charge in [0.05, 0.1) is 5.69 Å². The molecule has 7 heteroatoms. The third-order valence-corrected chi connectivity index (χ3v) is 3.20. The molecule has 2 aromatic rings. The number of hydrogen-bond donors (Lipinski definition) is 1. The number of aromatic nitrogens is 3. The molecule has 0 aliphatic heterocycles. The first kappa shape index (κ1) is 12.0. The van der Waals surface area contributed by atoms with E-state index in [-0.39, 0.29) is 11.9 Å². The van der Waals surface area contributed by atoms with Crippen molar-refractivity contribution in [2.45, 2.75) is 18.9 Å². The fourth-order valence-electron chi connectivity index (χ4n) is 1.96. The topological polar surface area (TPSA) is 77.1 Å². The molecule has 19 heavy (non-hydrogen) atoms. The van der Waals surface area contributed by atoms with Gasteiger partial charge >= 0.3 is 11.7 Å². The molecule has 1 saturated carbocycles. The molecule has 0 spiro atoms. The van der Waals surface area contributed by atoms with Crippen molar-refractivity contribution in [2.75, 3.05) is 0 Å². The van der Waals surface area contributed by atoms with E-state index < -0.39 is 11.7 Å². The number of hydrogen-bond acceptors (Lipinski definition) is 3. The molecule has 0 amide bonds. The van der Waals surface area contributed by atoms with E-state index in [4.69, 9.17) is 16.7 Å². The Bertz CT molecular complexity index is 715. The summed E-state index contributed by atoms with van der Waals surface area (Å²) >= 11 is 5.86. The Hall–Kier alpha value is -2.08. The van der Waals surface area contributed by atoms with Crippen LogP contribution in [0.15, 0.2) is 29.1 Å². The Balaban J connectivity index is 2.20. The van der Waals surface area contributed by atoms with Crippen LogP contribution >= 0.6 is 11.6 Å². The highest BCUT2D eigenvalue weighted by Crippen LogP contribution is 2.34. The lowest BCUT2D eigenvalue weighted by molar-refractivity contribution is 0.0676. The smallest absolute Gasteiger partial charge is 0.374 e. The summed E-state index contributed by atoms with van der Waals surface area (Å²) in [5, 5.41) is 13.5. The highest BCUT2D eigenvalue weighted by molar-refractivity contribution is 6.30. The van der Waals surface area contributed by atoms with Crippen molar-refractivity contribution in [1.29, 1.82) is 0 Å². The highest BCUT2D eigenvalue weighted by Gasteiger charge is 2.32. The van der Waals surface area contributed by atoms with Gasteiger partial charge in [-0.2, -0.15) is 4.68 Å². The van der Waals surface area contributed by atoms with Gasteiger partial charge in [0.25, 0.3) is 0 Å². The van der Waals surface area contributed by atoms with Gasteiger partial charge in [0.2, 0.25) is 5.82 Å². The van der Waals surface area contributed by atoms with Crippen molar-refractivity contribution in [3.63, 3.8) is 0 Å². The molecule has 0 unspecified atom stereocenters. The molecule has 0 saturated heterocycles. The second-order valence-electron chi connectivity index (χ2n) is 4.40. The van der Waals surface area contributed by atoms with E-state index in [0.717, 1.165) is 17.5 Å². The van der Waals surface area contributed by atoms with Crippen molar-refractivity contribution in [2.24, 2.45) is 0 Å². The molecule has 1 aromatic carbocycles. The molecule has 1 fully saturated rings. The molecule has 0 radical (unpaired) electrons. The summed E-state index contributed by atoms with van der Waals surface area (Å²) in [5.41, 5.74) is 0.0153. The molecule has 98 valence electrons. The van der Waals surface area contributed by atoms with Gasteiger partial charge in [0, 0.05) is 11.1 Å². The van der Waals surface area contributed by atoms with E-state index in [1.165, 1.54) is 4.57 Å². The van der Waals surface area contributed by atoms with Crippen molar-refractivity contribution < 1.29 is 9.90 Å². The maximum Gasteiger partial charge on any atom is 0.374 e. The molecule has 3 rings (SSSR count). The molecule has 1 N–H and O–H groups in total. The number of nitrogens with zero attached hydrogens (tertiary/aromatic N) is 3. The summed E-state index contributed by atoms with van der Waals surface area (Å²) in [7, 11) is 0. The molecule has 1 aliphatic carbocycles. The zero-order chi connectivity index (χ0) is 13.6. The number of halogens is 1. The SMILES string of the molecule is O=C(O)c1nn(-c2cccc(Cl)c2)c(=O)n1C1CC1. The van der Waals surface area contributed by atoms with Gasteiger partial charge in [0.15, 0.2) is 0 Å². The lowest BCUT2D eigenvalue weighted by Gasteiger charge is -1.99. The van der Waals surface area contributed by atoms with Gasteiger partial charge in [-0.3, -0.25) is 4.57 Å². The van der Waals surface area contributed by atoms with E-state index in [0.29, 0.717) is 10.7 Å². The summed E-state index contributed by atoms with van der Waals surface area (Å²) < 4.78 is 2.32. The predicted molar refractivity (Wildman–Crippen MR) is 68.1 cm³/mol. The Morgan fingerprint density at radius 3 is 2.74 bits per heavy atom. The van der Waals surface area contributed by atoms with Crippen molar-refractivity contribution >= 4 is 17.6 Å². The van der Waals surface area contributed by atoms with Crippen LogP contribution in [-0.4, -0.2) is 25.4 Å². The number of carboxylic acid groups (broad SMARTS) is 1. The molecule has 1 heterocycles.